The molecule has 5 heteroatoms. The van der Waals surface area contributed by atoms with Gasteiger partial charge in [0.25, 0.3) is 0 Å². The van der Waals surface area contributed by atoms with E-state index in [1.807, 2.05) is 44.2 Å². The number of nitrogens with one attached hydrogen (secondary N) is 2. The molecule has 0 atom stereocenters. The molecule has 0 saturated carbocycles. The van der Waals surface area contributed by atoms with Crippen molar-refractivity contribution in [3.05, 3.63) is 42.1 Å². The van der Waals surface area contributed by atoms with Crippen LogP contribution in [0.3, 0.4) is 0 Å². The molecule has 1 aromatic heterocycles. The maximum absolute atomic E-state index is 11.8. The molecule has 2 aromatic rings. The number of H-pyrrole nitrogens is 1. The van der Waals surface area contributed by atoms with Crippen LogP contribution in [0.15, 0.2) is 36.5 Å². The quantitative estimate of drug-likeness (QED) is 0.879. The van der Waals surface area contributed by atoms with Crippen molar-refractivity contribution in [1.82, 2.24) is 20.4 Å². The van der Waals surface area contributed by atoms with E-state index in [9.17, 15) is 4.79 Å². The molecule has 0 fully saturated rings. The Morgan fingerprint density at radius 2 is 1.90 bits per heavy atom. The summed E-state index contributed by atoms with van der Waals surface area (Å²) in [5.74, 6) is 0. The summed E-state index contributed by atoms with van der Waals surface area (Å²) in [6.07, 6.45) is 1.73. The maximum Gasteiger partial charge on any atom is 0.317 e. The normalized spacial score (nSPS) is 10.3. The molecule has 2 N–H and O–H groups in total. The average Bonchev–Trinajstić information content (AvgIpc) is 3.01. The van der Waals surface area contributed by atoms with E-state index in [0.717, 1.165) is 29.9 Å². The highest BCUT2D eigenvalue weighted by atomic mass is 16.2. The summed E-state index contributed by atoms with van der Waals surface area (Å²) in [6.45, 7) is 5.94. The van der Waals surface area contributed by atoms with E-state index in [-0.39, 0.29) is 6.03 Å². The number of nitrogens with zero attached hydrogens (tertiary/aromatic N) is 2. The van der Waals surface area contributed by atoms with Gasteiger partial charge in [0, 0.05) is 25.8 Å². The van der Waals surface area contributed by atoms with Gasteiger partial charge in [-0.1, -0.05) is 24.3 Å². The lowest BCUT2D eigenvalue weighted by Crippen LogP contribution is -2.39. The zero-order valence-corrected chi connectivity index (χ0v) is 11.9. The zero-order chi connectivity index (χ0) is 14.4. The van der Waals surface area contributed by atoms with Gasteiger partial charge in [-0.05, 0) is 31.0 Å². The van der Waals surface area contributed by atoms with Crippen molar-refractivity contribution in [2.75, 3.05) is 13.1 Å². The van der Waals surface area contributed by atoms with E-state index < -0.39 is 0 Å². The summed E-state index contributed by atoms with van der Waals surface area (Å²) in [4.78, 5) is 13.6. The SMILES string of the molecule is CCN(CC)C(=O)NCc1ccc(-c2ccn[nH]2)cc1. The Kier molecular flexibility index (Phi) is 4.76. The highest BCUT2D eigenvalue weighted by Gasteiger charge is 2.08. The smallest absolute Gasteiger partial charge is 0.317 e. The minimum absolute atomic E-state index is 0.0207. The van der Waals surface area contributed by atoms with Gasteiger partial charge in [-0.2, -0.15) is 5.10 Å². The van der Waals surface area contributed by atoms with Gasteiger partial charge in [0.05, 0.1) is 5.69 Å². The number of rotatable bonds is 5. The van der Waals surface area contributed by atoms with Crippen LogP contribution < -0.4 is 5.32 Å². The molecular weight excluding hydrogens is 252 g/mol. The number of hydrogen-bond donors (Lipinski definition) is 2. The second-order valence-corrected chi connectivity index (χ2v) is 4.50. The molecule has 0 aliphatic carbocycles. The predicted molar refractivity (Wildman–Crippen MR) is 79.2 cm³/mol. The molecular formula is C15H20N4O. The van der Waals surface area contributed by atoms with E-state index >= 15 is 0 Å². The van der Waals surface area contributed by atoms with Crippen molar-refractivity contribution in [2.45, 2.75) is 20.4 Å². The summed E-state index contributed by atoms with van der Waals surface area (Å²) < 4.78 is 0. The van der Waals surface area contributed by atoms with E-state index in [2.05, 4.69) is 15.5 Å². The number of carbonyl (C=O) groups is 1. The minimum atomic E-state index is -0.0207. The van der Waals surface area contributed by atoms with Gasteiger partial charge in [0.2, 0.25) is 0 Å². The molecule has 1 aromatic carbocycles. The number of aromatic nitrogens is 2. The van der Waals surface area contributed by atoms with Crippen LogP contribution in [0.1, 0.15) is 19.4 Å². The molecule has 0 bridgehead atoms. The van der Waals surface area contributed by atoms with Gasteiger partial charge >= 0.3 is 6.03 Å². The van der Waals surface area contributed by atoms with Crippen LogP contribution in [0.4, 0.5) is 4.79 Å². The minimum Gasteiger partial charge on any atom is -0.334 e. The second kappa shape index (κ2) is 6.75. The monoisotopic (exact) mass is 272 g/mol. The van der Waals surface area contributed by atoms with Gasteiger partial charge in [-0.25, -0.2) is 4.79 Å². The Bertz CT molecular complexity index is 530. The lowest BCUT2D eigenvalue weighted by Gasteiger charge is -2.19. The Morgan fingerprint density at radius 3 is 2.45 bits per heavy atom. The topological polar surface area (TPSA) is 61.0 Å². The largest absolute Gasteiger partial charge is 0.334 e. The molecule has 0 aliphatic rings. The third-order valence-electron chi connectivity index (χ3n) is 3.26. The first-order chi connectivity index (χ1) is 9.74. The first kappa shape index (κ1) is 14.1. The first-order valence-electron chi connectivity index (χ1n) is 6.86. The fourth-order valence-electron chi connectivity index (χ4n) is 2.02. The summed E-state index contributed by atoms with van der Waals surface area (Å²) >= 11 is 0. The number of benzene rings is 1. The van der Waals surface area contributed by atoms with E-state index in [4.69, 9.17) is 0 Å². The van der Waals surface area contributed by atoms with Crippen molar-refractivity contribution in [3.8, 4) is 11.3 Å². The van der Waals surface area contributed by atoms with Crippen LogP contribution in [0.2, 0.25) is 0 Å². The Labute approximate surface area is 119 Å². The molecule has 0 radical (unpaired) electrons. The van der Waals surface area contributed by atoms with Gasteiger partial charge < -0.3 is 10.2 Å². The molecule has 0 unspecified atom stereocenters. The molecule has 0 aliphatic heterocycles. The molecule has 2 amide bonds. The molecule has 0 saturated heterocycles. The molecule has 0 spiro atoms. The van der Waals surface area contributed by atoms with Crippen molar-refractivity contribution >= 4 is 6.03 Å². The van der Waals surface area contributed by atoms with Crippen molar-refractivity contribution in [3.63, 3.8) is 0 Å². The van der Waals surface area contributed by atoms with Crippen LogP contribution in [0.25, 0.3) is 11.3 Å². The molecule has 20 heavy (non-hydrogen) atoms. The summed E-state index contributed by atoms with van der Waals surface area (Å²) in [7, 11) is 0. The van der Waals surface area contributed by atoms with Gasteiger partial charge in [-0.3, -0.25) is 5.10 Å². The maximum atomic E-state index is 11.8. The van der Waals surface area contributed by atoms with Crippen molar-refractivity contribution in [1.29, 1.82) is 0 Å². The van der Waals surface area contributed by atoms with Crippen LogP contribution >= 0.6 is 0 Å². The van der Waals surface area contributed by atoms with Crippen LogP contribution in [-0.2, 0) is 6.54 Å². The summed E-state index contributed by atoms with van der Waals surface area (Å²) in [5, 5.41) is 9.78. The van der Waals surface area contributed by atoms with E-state index in [0.29, 0.717) is 6.54 Å². The highest BCUT2D eigenvalue weighted by molar-refractivity contribution is 5.74. The highest BCUT2D eigenvalue weighted by Crippen LogP contribution is 2.16. The van der Waals surface area contributed by atoms with Crippen LogP contribution in [0, 0.1) is 0 Å². The van der Waals surface area contributed by atoms with Gasteiger partial charge in [0.15, 0.2) is 0 Å². The van der Waals surface area contributed by atoms with Crippen LogP contribution in [-0.4, -0.2) is 34.2 Å². The second-order valence-electron chi connectivity index (χ2n) is 4.50. The number of carbonyl (C=O) groups excluding carboxylic acids is 1. The number of hydrogen-bond acceptors (Lipinski definition) is 2. The fourth-order valence-corrected chi connectivity index (χ4v) is 2.02. The average molecular weight is 272 g/mol. The third kappa shape index (κ3) is 3.38. The Balaban J connectivity index is 1.93. The Hall–Kier alpha value is -2.30. The third-order valence-corrected chi connectivity index (χ3v) is 3.26. The number of urea groups is 1. The van der Waals surface area contributed by atoms with Crippen molar-refractivity contribution < 1.29 is 4.79 Å². The molecule has 1 heterocycles. The first-order valence-corrected chi connectivity index (χ1v) is 6.86. The number of amides is 2. The van der Waals surface area contributed by atoms with E-state index in [1.54, 1.807) is 11.1 Å². The Morgan fingerprint density at radius 1 is 1.20 bits per heavy atom. The van der Waals surface area contributed by atoms with Gasteiger partial charge in [0.1, 0.15) is 0 Å². The molecule has 2 rings (SSSR count). The van der Waals surface area contributed by atoms with Gasteiger partial charge in [-0.15, -0.1) is 0 Å². The predicted octanol–water partition coefficient (Wildman–Crippen LogP) is 2.63. The molecule has 5 nitrogen and oxygen atoms in total. The molecule has 106 valence electrons. The standard InChI is InChI=1S/C15H20N4O/c1-3-19(4-2)15(20)16-11-12-5-7-13(8-6-12)14-9-10-17-18-14/h5-10H,3-4,11H2,1-2H3,(H,16,20)(H,17,18). The lowest BCUT2D eigenvalue weighted by molar-refractivity contribution is 0.203. The summed E-state index contributed by atoms with van der Waals surface area (Å²) in [5.41, 5.74) is 3.15. The number of aromatic amines is 1. The van der Waals surface area contributed by atoms with Crippen molar-refractivity contribution in [2.24, 2.45) is 0 Å². The zero-order valence-electron chi connectivity index (χ0n) is 11.9. The summed E-state index contributed by atoms with van der Waals surface area (Å²) in [6, 6.07) is 9.97. The van der Waals surface area contributed by atoms with Crippen LogP contribution in [0.5, 0.6) is 0 Å². The lowest BCUT2D eigenvalue weighted by atomic mass is 10.1. The van der Waals surface area contributed by atoms with E-state index in [1.165, 1.54) is 0 Å². The fraction of sp³-hybridized carbons (Fsp3) is 0.333.